The molecule has 4 rings (SSSR count). The van der Waals surface area contributed by atoms with Crippen molar-refractivity contribution in [3.8, 4) is 0 Å². The number of carbonyl (C=O) groups excluding carboxylic acids is 3. The Morgan fingerprint density at radius 3 is 2.26 bits per heavy atom. The smallest absolute Gasteiger partial charge is 0.227 e. The van der Waals surface area contributed by atoms with Crippen LogP contribution < -0.4 is 0 Å². The second kappa shape index (κ2) is 9.21. The molecule has 2 aliphatic rings. The van der Waals surface area contributed by atoms with Crippen LogP contribution in [0, 0.1) is 13.8 Å². The molecule has 0 radical (unpaired) electrons. The molecule has 166 valence electrons. The number of amides is 3. The molecule has 0 saturated carbocycles. The second-order valence-corrected chi connectivity index (χ2v) is 9.18. The SMILES string of the molecule is Cc1noc(C)c1CC(=O)N1CCN(C(=O)CCC(=O)N2CCc3sccc3C2)CC1. The van der Waals surface area contributed by atoms with E-state index in [-0.39, 0.29) is 37.0 Å². The summed E-state index contributed by atoms with van der Waals surface area (Å²) in [6.07, 6.45) is 1.63. The van der Waals surface area contributed by atoms with E-state index in [1.54, 1.807) is 21.1 Å². The first-order valence-corrected chi connectivity index (χ1v) is 11.6. The number of aryl methyl sites for hydroxylation is 2. The zero-order valence-electron chi connectivity index (χ0n) is 18.1. The maximum Gasteiger partial charge on any atom is 0.227 e. The van der Waals surface area contributed by atoms with Gasteiger partial charge in [-0.2, -0.15) is 0 Å². The molecule has 3 amide bonds. The molecule has 1 saturated heterocycles. The molecule has 2 aromatic rings. The van der Waals surface area contributed by atoms with Gasteiger partial charge in [0.2, 0.25) is 17.7 Å². The molecule has 8 nitrogen and oxygen atoms in total. The zero-order chi connectivity index (χ0) is 22.0. The van der Waals surface area contributed by atoms with Gasteiger partial charge in [-0.3, -0.25) is 14.4 Å². The molecule has 4 heterocycles. The molecule has 2 aliphatic heterocycles. The van der Waals surface area contributed by atoms with Crippen molar-refractivity contribution in [2.75, 3.05) is 32.7 Å². The Balaban J connectivity index is 1.20. The Labute approximate surface area is 185 Å². The predicted molar refractivity (Wildman–Crippen MR) is 116 cm³/mol. The largest absolute Gasteiger partial charge is 0.361 e. The minimum Gasteiger partial charge on any atom is -0.361 e. The molecule has 1 fully saturated rings. The van der Waals surface area contributed by atoms with Crippen molar-refractivity contribution in [1.29, 1.82) is 0 Å². The fourth-order valence-electron chi connectivity index (χ4n) is 4.21. The van der Waals surface area contributed by atoms with Gasteiger partial charge < -0.3 is 19.2 Å². The molecule has 0 atom stereocenters. The first kappa shape index (κ1) is 21.5. The van der Waals surface area contributed by atoms with E-state index in [2.05, 4.69) is 16.6 Å². The van der Waals surface area contributed by atoms with Gasteiger partial charge in [-0.1, -0.05) is 5.16 Å². The van der Waals surface area contributed by atoms with Crippen molar-refractivity contribution in [3.63, 3.8) is 0 Å². The topological polar surface area (TPSA) is 87.0 Å². The third-order valence-corrected chi connectivity index (χ3v) is 7.23. The number of piperazine rings is 1. The molecule has 0 unspecified atom stereocenters. The molecule has 2 aromatic heterocycles. The van der Waals surface area contributed by atoms with Crippen LogP contribution in [0.2, 0.25) is 0 Å². The van der Waals surface area contributed by atoms with Crippen LogP contribution in [-0.2, 0) is 33.8 Å². The summed E-state index contributed by atoms with van der Waals surface area (Å²) in [7, 11) is 0. The van der Waals surface area contributed by atoms with E-state index in [0.717, 1.165) is 24.2 Å². The Hall–Kier alpha value is -2.68. The molecule has 0 aromatic carbocycles. The summed E-state index contributed by atoms with van der Waals surface area (Å²) >= 11 is 1.75. The standard InChI is InChI=1S/C22H28N4O4S/c1-15-18(16(2)30-23-15)13-22(29)25-10-8-24(9-11-25)20(27)3-4-21(28)26-7-5-19-17(14-26)6-12-31-19/h6,12H,3-5,7-11,13-14H2,1-2H3. The summed E-state index contributed by atoms with van der Waals surface area (Å²) in [5.74, 6) is 0.723. The van der Waals surface area contributed by atoms with E-state index in [9.17, 15) is 14.4 Å². The van der Waals surface area contributed by atoms with Crippen LogP contribution >= 0.6 is 11.3 Å². The number of rotatable bonds is 5. The fourth-order valence-corrected chi connectivity index (χ4v) is 5.10. The molecule has 0 spiro atoms. The molecular formula is C22H28N4O4S. The van der Waals surface area contributed by atoms with Gasteiger partial charge in [-0.05, 0) is 37.3 Å². The van der Waals surface area contributed by atoms with Gasteiger partial charge in [-0.25, -0.2) is 0 Å². The van der Waals surface area contributed by atoms with Crippen molar-refractivity contribution < 1.29 is 18.9 Å². The quantitative estimate of drug-likeness (QED) is 0.703. The van der Waals surface area contributed by atoms with Crippen molar-refractivity contribution in [2.45, 2.75) is 46.1 Å². The highest BCUT2D eigenvalue weighted by Gasteiger charge is 2.27. The number of thiophene rings is 1. The first-order chi connectivity index (χ1) is 14.9. The van der Waals surface area contributed by atoms with Gasteiger partial charge in [0.05, 0.1) is 12.1 Å². The van der Waals surface area contributed by atoms with E-state index < -0.39 is 0 Å². The normalized spacial score (nSPS) is 16.4. The summed E-state index contributed by atoms with van der Waals surface area (Å²) < 4.78 is 5.13. The number of hydrogen-bond donors (Lipinski definition) is 0. The van der Waals surface area contributed by atoms with Gasteiger partial charge in [0.1, 0.15) is 5.76 Å². The zero-order valence-corrected chi connectivity index (χ0v) is 18.9. The number of hydrogen-bond acceptors (Lipinski definition) is 6. The number of carbonyl (C=O) groups is 3. The summed E-state index contributed by atoms with van der Waals surface area (Å²) in [4.78, 5) is 44.5. The van der Waals surface area contributed by atoms with Crippen LogP contribution in [0.15, 0.2) is 16.0 Å². The lowest BCUT2D eigenvalue weighted by Crippen LogP contribution is -2.51. The molecule has 9 heteroatoms. The highest BCUT2D eigenvalue weighted by molar-refractivity contribution is 7.10. The van der Waals surface area contributed by atoms with Crippen molar-refractivity contribution in [3.05, 3.63) is 38.9 Å². The molecule has 0 bridgehead atoms. The summed E-state index contributed by atoms with van der Waals surface area (Å²) in [5, 5.41) is 5.97. The molecular weight excluding hydrogens is 416 g/mol. The first-order valence-electron chi connectivity index (χ1n) is 10.7. The fraction of sp³-hybridized carbons (Fsp3) is 0.545. The number of nitrogens with zero attached hydrogens (tertiary/aromatic N) is 4. The van der Waals surface area contributed by atoms with Crippen LogP contribution in [0.5, 0.6) is 0 Å². The lowest BCUT2D eigenvalue weighted by atomic mass is 10.1. The van der Waals surface area contributed by atoms with Gasteiger partial charge in [0.25, 0.3) is 0 Å². The average molecular weight is 445 g/mol. The van der Waals surface area contributed by atoms with E-state index >= 15 is 0 Å². The van der Waals surface area contributed by atoms with Gasteiger partial charge >= 0.3 is 0 Å². The van der Waals surface area contributed by atoms with E-state index in [4.69, 9.17) is 4.52 Å². The summed E-state index contributed by atoms with van der Waals surface area (Å²) in [6.45, 7) is 7.04. The van der Waals surface area contributed by atoms with E-state index in [1.165, 1.54) is 10.4 Å². The Bertz CT molecular complexity index is 955. The second-order valence-electron chi connectivity index (χ2n) is 8.18. The van der Waals surface area contributed by atoms with Crippen LogP contribution in [0.25, 0.3) is 0 Å². The van der Waals surface area contributed by atoms with Crippen LogP contribution in [0.1, 0.15) is 40.3 Å². The van der Waals surface area contributed by atoms with Crippen molar-refractivity contribution in [2.24, 2.45) is 0 Å². The Morgan fingerprint density at radius 2 is 1.61 bits per heavy atom. The van der Waals surface area contributed by atoms with Crippen molar-refractivity contribution >= 4 is 29.1 Å². The summed E-state index contributed by atoms with van der Waals surface area (Å²) in [6, 6.07) is 2.08. The predicted octanol–water partition coefficient (Wildman–Crippen LogP) is 1.93. The lowest BCUT2D eigenvalue weighted by Gasteiger charge is -2.35. The van der Waals surface area contributed by atoms with Crippen LogP contribution in [0.4, 0.5) is 0 Å². The maximum absolute atomic E-state index is 12.6. The number of fused-ring (bicyclic) bond motifs is 1. The Morgan fingerprint density at radius 1 is 0.968 bits per heavy atom. The highest BCUT2D eigenvalue weighted by atomic mass is 32.1. The minimum absolute atomic E-state index is 0.0144. The third kappa shape index (κ3) is 4.81. The van der Waals surface area contributed by atoms with Crippen molar-refractivity contribution in [1.82, 2.24) is 19.9 Å². The van der Waals surface area contributed by atoms with E-state index in [1.807, 2.05) is 18.7 Å². The monoisotopic (exact) mass is 444 g/mol. The highest BCUT2D eigenvalue weighted by Crippen LogP contribution is 2.24. The molecule has 0 N–H and O–H groups in total. The minimum atomic E-state index is -0.0144. The Kier molecular flexibility index (Phi) is 6.41. The third-order valence-electron chi connectivity index (χ3n) is 6.21. The van der Waals surface area contributed by atoms with Gasteiger partial charge in [-0.15, -0.1) is 11.3 Å². The number of aromatic nitrogens is 1. The average Bonchev–Trinajstić information content (AvgIpc) is 3.38. The molecule has 31 heavy (non-hydrogen) atoms. The summed E-state index contributed by atoms with van der Waals surface area (Å²) in [5.41, 5.74) is 2.82. The van der Waals surface area contributed by atoms with E-state index in [0.29, 0.717) is 38.5 Å². The molecule has 0 aliphatic carbocycles. The maximum atomic E-state index is 12.6. The van der Waals surface area contributed by atoms with Gasteiger partial charge in [0, 0.05) is 62.6 Å². The van der Waals surface area contributed by atoms with Crippen LogP contribution in [0.3, 0.4) is 0 Å². The van der Waals surface area contributed by atoms with Crippen LogP contribution in [-0.4, -0.2) is 70.3 Å². The lowest BCUT2D eigenvalue weighted by molar-refractivity contribution is -0.141. The van der Waals surface area contributed by atoms with Gasteiger partial charge in [0.15, 0.2) is 0 Å².